The molecule has 1 aliphatic rings. The maximum atomic E-state index is 4.19. The van der Waals surface area contributed by atoms with Gasteiger partial charge in [-0.1, -0.05) is 53.5 Å². The Morgan fingerprint density at radius 2 is 2.06 bits per heavy atom. The van der Waals surface area contributed by atoms with Crippen molar-refractivity contribution >= 4 is 0 Å². The fourth-order valence-electron chi connectivity index (χ4n) is 2.32. The lowest BCUT2D eigenvalue weighted by molar-refractivity contribution is 0.403. The summed E-state index contributed by atoms with van der Waals surface area (Å²) in [6.45, 7) is 13.4. The molecule has 1 heteroatoms. The Hall–Kier alpha value is -0.460. The molecule has 1 fully saturated rings. The van der Waals surface area contributed by atoms with Gasteiger partial charge in [0, 0.05) is 11.7 Å². The smallest absolute Gasteiger partial charge is 0.0287 e. The fourth-order valence-corrected chi connectivity index (χ4v) is 2.32. The Kier molecular flexibility index (Phi) is 5.37. The Morgan fingerprint density at radius 1 is 1.44 bits per heavy atom. The summed E-state index contributed by atoms with van der Waals surface area (Å²) >= 11 is 0. The van der Waals surface area contributed by atoms with Crippen LogP contribution < -0.4 is 5.32 Å². The molecule has 1 saturated carbocycles. The SMILES string of the molecule is C=C(NC1CC1C)C(C)CC(C)CCCC. The van der Waals surface area contributed by atoms with Crippen LogP contribution in [0.25, 0.3) is 0 Å². The second-order valence-corrected chi connectivity index (χ2v) is 5.87. The fraction of sp³-hybridized carbons (Fsp3) is 0.867. The van der Waals surface area contributed by atoms with Gasteiger partial charge in [0.2, 0.25) is 0 Å². The summed E-state index contributed by atoms with van der Waals surface area (Å²) < 4.78 is 0. The minimum atomic E-state index is 0.625. The largest absolute Gasteiger partial charge is 0.386 e. The van der Waals surface area contributed by atoms with Gasteiger partial charge in [-0.2, -0.15) is 0 Å². The van der Waals surface area contributed by atoms with Crippen LogP contribution in [-0.4, -0.2) is 6.04 Å². The molecule has 0 amide bonds. The summed E-state index contributed by atoms with van der Waals surface area (Å²) in [6.07, 6.45) is 6.67. The van der Waals surface area contributed by atoms with Gasteiger partial charge in [-0.25, -0.2) is 0 Å². The molecular formula is C15H29N. The number of hydrogen-bond donors (Lipinski definition) is 1. The van der Waals surface area contributed by atoms with E-state index >= 15 is 0 Å². The van der Waals surface area contributed by atoms with Crippen molar-refractivity contribution in [2.24, 2.45) is 17.8 Å². The quantitative estimate of drug-likeness (QED) is 0.645. The van der Waals surface area contributed by atoms with Gasteiger partial charge in [0.25, 0.3) is 0 Å². The molecule has 4 unspecified atom stereocenters. The van der Waals surface area contributed by atoms with Crippen LogP contribution in [0.5, 0.6) is 0 Å². The van der Waals surface area contributed by atoms with E-state index in [0.29, 0.717) is 5.92 Å². The average molecular weight is 223 g/mol. The second kappa shape index (κ2) is 6.32. The molecule has 0 heterocycles. The predicted molar refractivity (Wildman–Crippen MR) is 72.3 cm³/mol. The van der Waals surface area contributed by atoms with Crippen molar-refractivity contribution in [3.05, 3.63) is 12.3 Å². The van der Waals surface area contributed by atoms with Crippen LogP contribution in [0.4, 0.5) is 0 Å². The average Bonchev–Trinajstić information content (AvgIpc) is 2.91. The number of hydrogen-bond acceptors (Lipinski definition) is 1. The Labute approximate surface area is 102 Å². The first-order chi connectivity index (χ1) is 7.54. The van der Waals surface area contributed by atoms with Crippen molar-refractivity contribution in [2.45, 2.75) is 65.8 Å². The Bertz CT molecular complexity index is 221. The normalized spacial score (nSPS) is 27.2. The van der Waals surface area contributed by atoms with Crippen molar-refractivity contribution in [1.82, 2.24) is 5.32 Å². The van der Waals surface area contributed by atoms with Crippen molar-refractivity contribution in [3.63, 3.8) is 0 Å². The molecule has 0 saturated heterocycles. The van der Waals surface area contributed by atoms with Crippen LogP contribution in [-0.2, 0) is 0 Å². The van der Waals surface area contributed by atoms with Crippen LogP contribution >= 0.6 is 0 Å². The molecule has 0 radical (unpaired) electrons. The van der Waals surface area contributed by atoms with Crippen molar-refractivity contribution < 1.29 is 0 Å². The van der Waals surface area contributed by atoms with Gasteiger partial charge in [-0.3, -0.25) is 0 Å². The highest BCUT2D eigenvalue weighted by Gasteiger charge is 2.33. The minimum absolute atomic E-state index is 0.625. The molecule has 16 heavy (non-hydrogen) atoms. The number of allylic oxidation sites excluding steroid dienone is 1. The van der Waals surface area contributed by atoms with E-state index in [1.165, 1.54) is 37.8 Å². The summed E-state index contributed by atoms with van der Waals surface area (Å²) in [7, 11) is 0. The highest BCUT2D eigenvalue weighted by atomic mass is 15.0. The van der Waals surface area contributed by atoms with Crippen LogP contribution in [0.2, 0.25) is 0 Å². The van der Waals surface area contributed by atoms with Crippen LogP contribution in [0, 0.1) is 17.8 Å². The first-order valence-corrected chi connectivity index (χ1v) is 6.99. The molecule has 94 valence electrons. The van der Waals surface area contributed by atoms with Crippen LogP contribution in [0.15, 0.2) is 12.3 Å². The van der Waals surface area contributed by atoms with Crippen molar-refractivity contribution in [1.29, 1.82) is 0 Å². The summed E-state index contributed by atoms with van der Waals surface area (Å²) in [5.41, 5.74) is 1.26. The van der Waals surface area contributed by atoms with E-state index in [4.69, 9.17) is 0 Å². The standard InChI is InChI=1S/C15H29N/c1-6-7-8-11(2)9-12(3)14(5)16-15-10-13(15)4/h11-13,15-16H,5-10H2,1-4H3. The van der Waals surface area contributed by atoms with Gasteiger partial charge >= 0.3 is 0 Å². The zero-order chi connectivity index (χ0) is 12.1. The molecule has 0 aliphatic heterocycles. The van der Waals surface area contributed by atoms with Gasteiger partial charge in [-0.15, -0.1) is 0 Å². The first-order valence-electron chi connectivity index (χ1n) is 6.99. The van der Waals surface area contributed by atoms with E-state index in [-0.39, 0.29) is 0 Å². The highest BCUT2D eigenvalue weighted by molar-refractivity contribution is 5.04. The van der Waals surface area contributed by atoms with Crippen LogP contribution in [0.1, 0.15) is 59.8 Å². The third-order valence-electron chi connectivity index (χ3n) is 3.88. The molecule has 1 N–H and O–H groups in total. The molecule has 1 rings (SSSR count). The Morgan fingerprint density at radius 3 is 2.56 bits per heavy atom. The summed E-state index contributed by atoms with van der Waals surface area (Å²) in [5.74, 6) is 2.33. The molecule has 0 bridgehead atoms. The first kappa shape index (κ1) is 13.6. The van der Waals surface area contributed by atoms with Gasteiger partial charge in [-0.05, 0) is 30.6 Å². The molecule has 0 aromatic heterocycles. The molecule has 1 aliphatic carbocycles. The van der Waals surface area contributed by atoms with E-state index in [2.05, 4.69) is 39.6 Å². The maximum absolute atomic E-state index is 4.19. The van der Waals surface area contributed by atoms with E-state index < -0.39 is 0 Å². The number of nitrogens with one attached hydrogen (secondary N) is 1. The molecule has 0 spiro atoms. The lowest BCUT2D eigenvalue weighted by atomic mass is 9.91. The third-order valence-corrected chi connectivity index (χ3v) is 3.88. The third kappa shape index (κ3) is 4.59. The van der Waals surface area contributed by atoms with E-state index in [0.717, 1.165) is 17.9 Å². The van der Waals surface area contributed by atoms with Gasteiger partial charge in [0.1, 0.15) is 0 Å². The summed E-state index contributed by atoms with van der Waals surface area (Å²) in [4.78, 5) is 0. The van der Waals surface area contributed by atoms with Gasteiger partial charge < -0.3 is 5.32 Å². The lowest BCUT2D eigenvalue weighted by Gasteiger charge is -2.20. The summed E-state index contributed by atoms with van der Waals surface area (Å²) in [6, 6.07) is 0.723. The summed E-state index contributed by atoms with van der Waals surface area (Å²) in [5, 5.41) is 3.57. The molecule has 0 aromatic rings. The molecule has 4 atom stereocenters. The van der Waals surface area contributed by atoms with Gasteiger partial charge in [0.15, 0.2) is 0 Å². The minimum Gasteiger partial charge on any atom is -0.386 e. The van der Waals surface area contributed by atoms with Gasteiger partial charge in [0.05, 0.1) is 0 Å². The highest BCUT2D eigenvalue weighted by Crippen LogP contribution is 2.31. The molecule has 0 aromatic carbocycles. The van der Waals surface area contributed by atoms with Crippen LogP contribution in [0.3, 0.4) is 0 Å². The number of unbranched alkanes of at least 4 members (excludes halogenated alkanes) is 1. The van der Waals surface area contributed by atoms with Crippen molar-refractivity contribution in [3.8, 4) is 0 Å². The van der Waals surface area contributed by atoms with E-state index in [9.17, 15) is 0 Å². The van der Waals surface area contributed by atoms with Crippen molar-refractivity contribution in [2.75, 3.05) is 0 Å². The maximum Gasteiger partial charge on any atom is 0.0287 e. The Balaban J connectivity index is 2.17. The molecule has 1 nitrogen and oxygen atoms in total. The lowest BCUT2D eigenvalue weighted by Crippen LogP contribution is -2.22. The zero-order valence-corrected chi connectivity index (χ0v) is 11.6. The number of rotatable bonds is 8. The van der Waals surface area contributed by atoms with E-state index in [1.54, 1.807) is 0 Å². The second-order valence-electron chi connectivity index (χ2n) is 5.87. The molecular weight excluding hydrogens is 194 g/mol. The van der Waals surface area contributed by atoms with E-state index in [1.807, 2.05) is 0 Å². The zero-order valence-electron chi connectivity index (χ0n) is 11.6. The monoisotopic (exact) mass is 223 g/mol. The topological polar surface area (TPSA) is 12.0 Å². The predicted octanol–water partition coefficient (Wildman–Crippen LogP) is 4.35.